The summed E-state index contributed by atoms with van der Waals surface area (Å²) in [5.74, 6) is 0.441. The number of hydrogen-bond donors (Lipinski definition) is 0. The zero-order valence-electron chi connectivity index (χ0n) is 18.3. The van der Waals surface area contributed by atoms with Crippen molar-refractivity contribution in [2.75, 3.05) is 19.8 Å². The molecule has 0 spiro atoms. The Balaban J connectivity index is 1.45. The van der Waals surface area contributed by atoms with Gasteiger partial charge in [-0.2, -0.15) is 0 Å². The molecule has 0 N–H and O–H groups in total. The number of benzene rings is 3. The number of carbonyl (C=O) groups is 2. The summed E-state index contributed by atoms with van der Waals surface area (Å²) in [5.41, 5.74) is 3.21. The van der Waals surface area contributed by atoms with Crippen LogP contribution < -0.4 is 0 Å². The van der Waals surface area contributed by atoms with Crippen molar-refractivity contribution in [1.82, 2.24) is 0 Å². The van der Waals surface area contributed by atoms with E-state index in [2.05, 4.69) is 0 Å². The van der Waals surface area contributed by atoms with Gasteiger partial charge in [-0.05, 0) is 25.8 Å². The number of rotatable bonds is 12. The highest BCUT2D eigenvalue weighted by atomic mass is 16.5. The normalized spacial score (nSPS) is 11.2. The summed E-state index contributed by atoms with van der Waals surface area (Å²) < 4.78 is 11.5. The fraction of sp³-hybridized carbons (Fsp3) is 0.214. The van der Waals surface area contributed by atoms with E-state index in [1.165, 1.54) is 0 Å². The highest BCUT2D eigenvalue weighted by Gasteiger charge is 2.09. The molecule has 0 amide bonds. The van der Waals surface area contributed by atoms with Crippen LogP contribution in [0, 0.1) is 6.92 Å². The minimum atomic E-state index is -0.0950. The number of allylic oxidation sites excluding steroid dienone is 1. The first-order valence-electron chi connectivity index (χ1n) is 10.8. The smallest absolute Gasteiger partial charge is 0.189 e. The van der Waals surface area contributed by atoms with Crippen LogP contribution in [0.3, 0.4) is 0 Å². The summed E-state index contributed by atoms with van der Waals surface area (Å²) in [6.45, 7) is 2.97. The van der Waals surface area contributed by atoms with E-state index in [0.29, 0.717) is 30.1 Å². The second-order valence-electron chi connectivity index (χ2n) is 7.51. The monoisotopic (exact) mass is 428 g/mol. The molecule has 0 saturated heterocycles. The highest BCUT2D eigenvalue weighted by Crippen LogP contribution is 2.18. The van der Waals surface area contributed by atoms with Crippen LogP contribution in [0.15, 0.2) is 91.0 Å². The summed E-state index contributed by atoms with van der Waals surface area (Å²) in [4.78, 5) is 24.8. The molecule has 0 saturated carbocycles. The molecule has 0 aliphatic heterocycles. The topological polar surface area (TPSA) is 52.6 Å². The molecular weight excluding hydrogens is 400 g/mol. The van der Waals surface area contributed by atoms with Gasteiger partial charge in [-0.3, -0.25) is 9.59 Å². The van der Waals surface area contributed by atoms with E-state index in [1.54, 1.807) is 24.3 Å². The first-order chi connectivity index (χ1) is 15.6. The van der Waals surface area contributed by atoms with Crippen molar-refractivity contribution < 1.29 is 19.1 Å². The van der Waals surface area contributed by atoms with E-state index in [1.807, 2.05) is 73.7 Å². The third-order valence-electron chi connectivity index (χ3n) is 4.89. The van der Waals surface area contributed by atoms with Crippen LogP contribution in [0.25, 0.3) is 5.76 Å². The van der Waals surface area contributed by atoms with E-state index < -0.39 is 0 Å². The molecule has 164 valence electrons. The maximum Gasteiger partial charge on any atom is 0.189 e. The van der Waals surface area contributed by atoms with Gasteiger partial charge >= 0.3 is 0 Å². The van der Waals surface area contributed by atoms with Gasteiger partial charge in [0.15, 0.2) is 11.6 Å². The SMILES string of the molecule is Cc1cccc(C(=O)COCCCCO/C(=C/C(=O)c2ccccc2)c2ccccc2)c1. The fourth-order valence-electron chi connectivity index (χ4n) is 3.17. The van der Waals surface area contributed by atoms with Crippen molar-refractivity contribution in [2.45, 2.75) is 19.8 Å². The third-order valence-corrected chi connectivity index (χ3v) is 4.89. The Bertz CT molecular complexity index is 1040. The molecule has 0 radical (unpaired) electrons. The summed E-state index contributed by atoms with van der Waals surface area (Å²) in [7, 11) is 0. The van der Waals surface area contributed by atoms with Gasteiger partial charge in [0.1, 0.15) is 12.4 Å². The number of hydrogen-bond acceptors (Lipinski definition) is 4. The average molecular weight is 429 g/mol. The van der Waals surface area contributed by atoms with Crippen LogP contribution in [0.2, 0.25) is 0 Å². The van der Waals surface area contributed by atoms with Gasteiger partial charge in [-0.25, -0.2) is 0 Å². The Morgan fingerprint density at radius 1 is 0.750 bits per heavy atom. The molecule has 0 atom stereocenters. The fourth-order valence-corrected chi connectivity index (χ4v) is 3.17. The number of aryl methyl sites for hydroxylation is 1. The molecule has 0 heterocycles. The van der Waals surface area contributed by atoms with Crippen molar-refractivity contribution in [3.05, 3.63) is 113 Å². The van der Waals surface area contributed by atoms with E-state index in [9.17, 15) is 9.59 Å². The zero-order chi connectivity index (χ0) is 22.6. The lowest BCUT2D eigenvalue weighted by Gasteiger charge is -2.11. The van der Waals surface area contributed by atoms with E-state index >= 15 is 0 Å². The highest BCUT2D eigenvalue weighted by molar-refractivity contribution is 6.07. The first kappa shape index (κ1) is 23.2. The van der Waals surface area contributed by atoms with Gasteiger partial charge in [-0.15, -0.1) is 0 Å². The molecule has 3 aromatic carbocycles. The lowest BCUT2D eigenvalue weighted by Crippen LogP contribution is -2.10. The van der Waals surface area contributed by atoms with Crippen LogP contribution in [0.4, 0.5) is 0 Å². The van der Waals surface area contributed by atoms with Crippen LogP contribution in [-0.4, -0.2) is 31.4 Å². The summed E-state index contributed by atoms with van der Waals surface area (Å²) >= 11 is 0. The van der Waals surface area contributed by atoms with Crippen molar-refractivity contribution in [3.63, 3.8) is 0 Å². The third kappa shape index (κ3) is 7.33. The van der Waals surface area contributed by atoms with Crippen molar-refractivity contribution in [1.29, 1.82) is 0 Å². The average Bonchev–Trinajstić information content (AvgIpc) is 2.83. The number of ether oxygens (including phenoxy) is 2. The molecule has 0 bridgehead atoms. The number of Topliss-reactive ketones (excluding diaryl/α,β-unsaturated/α-hetero) is 1. The number of unbranched alkanes of at least 4 members (excludes halogenated alkanes) is 1. The van der Waals surface area contributed by atoms with Crippen molar-refractivity contribution >= 4 is 17.3 Å². The lowest BCUT2D eigenvalue weighted by molar-refractivity contribution is 0.0746. The molecule has 4 nitrogen and oxygen atoms in total. The maximum atomic E-state index is 12.6. The van der Waals surface area contributed by atoms with E-state index in [4.69, 9.17) is 9.47 Å². The van der Waals surface area contributed by atoms with Crippen LogP contribution in [0.1, 0.15) is 44.7 Å². The Hall–Kier alpha value is -3.50. The van der Waals surface area contributed by atoms with E-state index in [0.717, 1.165) is 24.0 Å². The Labute approximate surface area is 189 Å². The van der Waals surface area contributed by atoms with Crippen LogP contribution in [0.5, 0.6) is 0 Å². The molecule has 3 rings (SSSR count). The molecule has 0 aliphatic carbocycles. The standard InChI is InChI=1S/C28H28O4/c1-22-11-10-16-25(19-22)27(30)21-31-17-8-9-18-32-28(24-14-6-3-7-15-24)20-26(29)23-12-4-2-5-13-23/h2-7,10-16,19-20H,8-9,17-18,21H2,1H3/b28-20+. The molecule has 32 heavy (non-hydrogen) atoms. The predicted molar refractivity (Wildman–Crippen MR) is 127 cm³/mol. The molecule has 0 unspecified atom stereocenters. The molecule has 4 heteroatoms. The van der Waals surface area contributed by atoms with E-state index in [-0.39, 0.29) is 18.2 Å². The predicted octanol–water partition coefficient (Wildman–Crippen LogP) is 5.92. The summed E-state index contributed by atoms with van der Waals surface area (Å²) in [6, 6.07) is 26.2. The Kier molecular flexibility index (Phi) is 8.96. The summed E-state index contributed by atoms with van der Waals surface area (Å²) in [6.07, 6.45) is 3.06. The Morgan fingerprint density at radius 2 is 1.38 bits per heavy atom. The second kappa shape index (κ2) is 12.4. The zero-order valence-corrected chi connectivity index (χ0v) is 18.3. The number of ketones is 2. The molecule has 0 aromatic heterocycles. The minimum absolute atomic E-state index is 0.0151. The van der Waals surface area contributed by atoms with Gasteiger partial charge in [0, 0.05) is 29.4 Å². The van der Waals surface area contributed by atoms with Crippen molar-refractivity contribution in [3.8, 4) is 0 Å². The van der Waals surface area contributed by atoms with Gasteiger partial charge in [0.25, 0.3) is 0 Å². The quantitative estimate of drug-likeness (QED) is 0.156. The number of carbonyl (C=O) groups excluding carboxylic acids is 2. The molecule has 0 fully saturated rings. The second-order valence-corrected chi connectivity index (χ2v) is 7.51. The van der Waals surface area contributed by atoms with Gasteiger partial charge in [0.2, 0.25) is 0 Å². The van der Waals surface area contributed by atoms with Gasteiger partial charge in [0.05, 0.1) is 6.61 Å². The van der Waals surface area contributed by atoms with Crippen LogP contribution >= 0.6 is 0 Å². The molecule has 3 aromatic rings. The first-order valence-corrected chi connectivity index (χ1v) is 10.8. The largest absolute Gasteiger partial charge is 0.493 e. The summed E-state index contributed by atoms with van der Waals surface area (Å²) in [5, 5.41) is 0. The van der Waals surface area contributed by atoms with Gasteiger partial charge in [-0.1, -0.05) is 84.4 Å². The lowest BCUT2D eigenvalue weighted by atomic mass is 10.1. The van der Waals surface area contributed by atoms with Crippen LogP contribution in [-0.2, 0) is 9.47 Å². The molecular formula is C28H28O4. The van der Waals surface area contributed by atoms with Gasteiger partial charge < -0.3 is 9.47 Å². The maximum absolute atomic E-state index is 12.6. The van der Waals surface area contributed by atoms with Crippen molar-refractivity contribution in [2.24, 2.45) is 0 Å². The Morgan fingerprint density at radius 3 is 2.06 bits per heavy atom. The minimum Gasteiger partial charge on any atom is -0.493 e. The molecule has 0 aliphatic rings.